The van der Waals surface area contributed by atoms with Crippen molar-refractivity contribution < 1.29 is 19.1 Å². The van der Waals surface area contributed by atoms with E-state index < -0.39 is 12.0 Å². The molecule has 0 aliphatic rings. The zero-order valence-corrected chi connectivity index (χ0v) is 11.2. The molecule has 0 saturated carbocycles. The van der Waals surface area contributed by atoms with Crippen LogP contribution in [0.5, 0.6) is 0 Å². The van der Waals surface area contributed by atoms with Crippen LogP contribution in [-0.2, 0) is 31.9 Å². The maximum Gasteiger partial charge on any atom is 0.322 e. The first-order chi connectivity index (χ1) is 9.06. The van der Waals surface area contributed by atoms with Crippen LogP contribution in [0.4, 0.5) is 0 Å². The van der Waals surface area contributed by atoms with Crippen molar-refractivity contribution in [3.63, 3.8) is 0 Å². The molecule has 0 aliphatic carbocycles. The van der Waals surface area contributed by atoms with Crippen molar-refractivity contribution in [3.8, 4) is 0 Å². The minimum atomic E-state index is -0.647. The van der Waals surface area contributed by atoms with E-state index in [1.54, 1.807) is 0 Å². The van der Waals surface area contributed by atoms with E-state index in [2.05, 4.69) is 9.47 Å². The molecule has 0 spiro atoms. The van der Waals surface area contributed by atoms with E-state index in [0.29, 0.717) is 19.3 Å². The number of hydrogen-bond donors (Lipinski definition) is 1. The number of hydrogen-bond acceptors (Lipinski definition) is 5. The van der Waals surface area contributed by atoms with Crippen LogP contribution in [-0.4, -0.2) is 32.2 Å². The van der Waals surface area contributed by atoms with E-state index in [-0.39, 0.29) is 5.97 Å². The SMILES string of the molecule is COC(=O)CCc1ccc(CC(N)C(=O)OC)cc1. The average molecular weight is 265 g/mol. The topological polar surface area (TPSA) is 78.6 Å². The molecule has 1 aromatic carbocycles. The molecule has 0 bridgehead atoms. The van der Waals surface area contributed by atoms with E-state index in [0.717, 1.165) is 11.1 Å². The molecule has 19 heavy (non-hydrogen) atoms. The lowest BCUT2D eigenvalue weighted by Crippen LogP contribution is -2.33. The lowest BCUT2D eigenvalue weighted by molar-refractivity contribution is -0.142. The van der Waals surface area contributed by atoms with E-state index in [1.807, 2.05) is 24.3 Å². The summed E-state index contributed by atoms with van der Waals surface area (Å²) in [6.45, 7) is 0. The zero-order valence-electron chi connectivity index (χ0n) is 11.2. The zero-order chi connectivity index (χ0) is 14.3. The number of benzene rings is 1. The molecule has 5 heteroatoms. The van der Waals surface area contributed by atoms with Gasteiger partial charge in [0.1, 0.15) is 6.04 Å². The number of methoxy groups -OCH3 is 2. The third-order valence-electron chi connectivity index (χ3n) is 2.83. The molecule has 0 amide bonds. The predicted molar refractivity (Wildman–Crippen MR) is 70.5 cm³/mol. The summed E-state index contributed by atoms with van der Waals surface area (Å²) >= 11 is 0. The van der Waals surface area contributed by atoms with Gasteiger partial charge in [0.25, 0.3) is 0 Å². The molecule has 1 unspecified atom stereocenters. The Bertz CT molecular complexity index is 428. The van der Waals surface area contributed by atoms with Crippen molar-refractivity contribution in [1.82, 2.24) is 0 Å². The third kappa shape index (κ3) is 5.09. The highest BCUT2D eigenvalue weighted by Crippen LogP contribution is 2.09. The van der Waals surface area contributed by atoms with Gasteiger partial charge in [-0.1, -0.05) is 24.3 Å². The summed E-state index contributed by atoms with van der Waals surface area (Å²) in [6, 6.07) is 6.99. The van der Waals surface area contributed by atoms with Crippen LogP contribution < -0.4 is 5.73 Å². The van der Waals surface area contributed by atoms with Gasteiger partial charge >= 0.3 is 11.9 Å². The second-order valence-electron chi connectivity index (χ2n) is 4.23. The summed E-state index contributed by atoms with van der Waals surface area (Å²) in [5.41, 5.74) is 7.68. The molecule has 1 aromatic rings. The molecular formula is C14H19NO4. The number of esters is 2. The Morgan fingerprint density at radius 1 is 1.11 bits per heavy atom. The summed E-state index contributed by atoms with van der Waals surface area (Å²) in [5.74, 6) is -0.647. The molecule has 0 heterocycles. The van der Waals surface area contributed by atoms with E-state index in [9.17, 15) is 9.59 Å². The first-order valence-electron chi connectivity index (χ1n) is 6.05. The van der Waals surface area contributed by atoms with Gasteiger partial charge in [0.05, 0.1) is 14.2 Å². The predicted octanol–water partition coefficient (Wildman–Crippen LogP) is 0.835. The van der Waals surface area contributed by atoms with Crippen LogP contribution in [0, 0.1) is 0 Å². The van der Waals surface area contributed by atoms with Gasteiger partial charge in [-0.15, -0.1) is 0 Å². The maximum absolute atomic E-state index is 11.2. The van der Waals surface area contributed by atoms with Gasteiger partial charge in [0.15, 0.2) is 0 Å². The number of nitrogens with two attached hydrogens (primary N) is 1. The molecule has 104 valence electrons. The van der Waals surface area contributed by atoms with Crippen molar-refractivity contribution in [2.75, 3.05) is 14.2 Å². The van der Waals surface area contributed by atoms with Crippen molar-refractivity contribution in [1.29, 1.82) is 0 Å². The van der Waals surface area contributed by atoms with Crippen molar-refractivity contribution >= 4 is 11.9 Å². The van der Waals surface area contributed by atoms with Crippen LogP contribution in [0.3, 0.4) is 0 Å². The lowest BCUT2D eigenvalue weighted by Gasteiger charge is -2.09. The summed E-state index contributed by atoms with van der Waals surface area (Å²) in [5, 5.41) is 0. The second kappa shape index (κ2) is 7.53. The standard InChI is InChI=1S/C14H19NO4/c1-18-13(16)8-7-10-3-5-11(6-4-10)9-12(15)14(17)19-2/h3-6,12H,7-9,15H2,1-2H3. The Morgan fingerprint density at radius 3 is 2.21 bits per heavy atom. The Hall–Kier alpha value is -1.88. The van der Waals surface area contributed by atoms with Gasteiger partial charge in [-0.25, -0.2) is 0 Å². The number of ether oxygens (including phenoxy) is 2. The lowest BCUT2D eigenvalue weighted by atomic mass is 10.0. The number of carbonyl (C=O) groups is 2. The second-order valence-corrected chi connectivity index (χ2v) is 4.23. The fourth-order valence-electron chi connectivity index (χ4n) is 1.68. The maximum atomic E-state index is 11.2. The molecule has 0 radical (unpaired) electrons. The van der Waals surface area contributed by atoms with Crippen LogP contribution >= 0.6 is 0 Å². The molecule has 0 fully saturated rings. The van der Waals surface area contributed by atoms with Crippen LogP contribution in [0.1, 0.15) is 17.5 Å². The Morgan fingerprint density at radius 2 is 1.68 bits per heavy atom. The van der Waals surface area contributed by atoms with Crippen LogP contribution in [0.15, 0.2) is 24.3 Å². The summed E-state index contributed by atoms with van der Waals surface area (Å²) in [7, 11) is 2.69. The third-order valence-corrected chi connectivity index (χ3v) is 2.83. The summed E-state index contributed by atoms with van der Waals surface area (Å²) in [6.07, 6.45) is 1.43. The Labute approximate surface area is 112 Å². The van der Waals surface area contributed by atoms with Gasteiger partial charge in [-0.05, 0) is 24.0 Å². The molecular weight excluding hydrogens is 246 g/mol. The van der Waals surface area contributed by atoms with Gasteiger partial charge in [0, 0.05) is 6.42 Å². The minimum Gasteiger partial charge on any atom is -0.469 e. The number of aryl methyl sites for hydroxylation is 1. The highest BCUT2D eigenvalue weighted by Gasteiger charge is 2.13. The highest BCUT2D eigenvalue weighted by atomic mass is 16.5. The van der Waals surface area contributed by atoms with Gasteiger partial charge < -0.3 is 15.2 Å². The average Bonchev–Trinajstić information content (AvgIpc) is 2.45. The van der Waals surface area contributed by atoms with E-state index in [4.69, 9.17) is 5.73 Å². The van der Waals surface area contributed by atoms with Crippen LogP contribution in [0.2, 0.25) is 0 Å². The van der Waals surface area contributed by atoms with E-state index in [1.165, 1.54) is 14.2 Å². The Balaban J connectivity index is 2.52. The van der Waals surface area contributed by atoms with Crippen molar-refractivity contribution in [2.45, 2.75) is 25.3 Å². The summed E-state index contributed by atoms with van der Waals surface area (Å²) < 4.78 is 9.15. The number of rotatable bonds is 6. The van der Waals surface area contributed by atoms with Crippen molar-refractivity contribution in [3.05, 3.63) is 35.4 Å². The summed E-state index contributed by atoms with van der Waals surface area (Å²) in [4.78, 5) is 22.2. The van der Waals surface area contributed by atoms with Gasteiger partial charge in [-0.2, -0.15) is 0 Å². The van der Waals surface area contributed by atoms with Gasteiger partial charge in [0.2, 0.25) is 0 Å². The number of carbonyl (C=O) groups excluding carboxylic acids is 2. The molecule has 0 aliphatic heterocycles. The monoisotopic (exact) mass is 265 g/mol. The van der Waals surface area contributed by atoms with Gasteiger partial charge in [-0.3, -0.25) is 9.59 Å². The van der Waals surface area contributed by atoms with Crippen LogP contribution in [0.25, 0.3) is 0 Å². The Kier molecular flexibility index (Phi) is 6.02. The highest BCUT2D eigenvalue weighted by molar-refractivity contribution is 5.75. The molecule has 1 rings (SSSR count). The van der Waals surface area contributed by atoms with E-state index >= 15 is 0 Å². The quantitative estimate of drug-likeness (QED) is 0.771. The molecule has 1 atom stereocenters. The fourth-order valence-corrected chi connectivity index (χ4v) is 1.68. The largest absolute Gasteiger partial charge is 0.469 e. The fraction of sp³-hybridized carbons (Fsp3) is 0.429. The molecule has 5 nitrogen and oxygen atoms in total. The molecule has 0 saturated heterocycles. The smallest absolute Gasteiger partial charge is 0.322 e. The minimum absolute atomic E-state index is 0.225. The first kappa shape index (κ1) is 15.2. The normalized spacial score (nSPS) is 11.7. The van der Waals surface area contributed by atoms with Crippen molar-refractivity contribution in [2.24, 2.45) is 5.73 Å². The molecule has 0 aromatic heterocycles. The molecule has 2 N–H and O–H groups in total. The first-order valence-corrected chi connectivity index (χ1v) is 6.05.